The largest absolute Gasteiger partial charge is 0.468 e. The SMILES string of the molecule is CCOC(=O)C1=C(C)N=C(OC)N(C(=O)OCCN(C)Cc2ccccc2)C1c1cccc(Cl)c1Cl. The Labute approximate surface area is 221 Å². The Morgan fingerprint density at radius 1 is 1.08 bits per heavy atom. The highest BCUT2D eigenvalue weighted by Crippen LogP contribution is 2.41. The number of carbonyl (C=O) groups is 2. The minimum Gasteiger partial charge on any atom is -0.468 e. The summed E-state index contributed by atoms with van der Waals surface area (Å²) in [5.74, 6) is -0.629. The number of likely N-dealkylation sites (N-methyl/N-ethyl adjacent to an activating group) is 1. The van der Waals surface area contributed by atoms with Crippen molar-refractivity contribution in [2.24, 2.45) is 4.99 Å². The van der Waals surface area contributed by atoms with E-state index in [2.05, 4.69) is 4.99 Å². The number of allylic oxidation sites excluding steroid dienone is 1. The van der Waals surface area contributed by atoms with Crippen LogP contribution in [0.5, 0.6) is 0 Å². The summed E-state index contributed by atoms with van der Waals surface area (Å²) in [7, 11) is 3.31. The average Bonchev–Trinajstić information content (AvgIpc) is 2.85. The number of aliphatic imine (C=N–C) groups is 1. The van der Waals surface area contributed by atoms with Gasteiger partial charge < -0.3 is 14.2 Å². The van der Waals surface area contributed by atoms with Crippen molar-refractivity contribution in [1.29, 1.82) is 0 Å². The van der Waals surface area contributed by atoms with Crippen molar-refractivity contribution in [3.8, 4) is 0 Å². The summed E-state index contributed by atoms with van der Waals surface area (Å²) >= 11 is 12.8. The van der Waals surface area contributed by atoms with Crippen LogP contribution in [0.15, 0.2) is 64.8 Å². The molecule has 1 aliphatic rings. The molecule has 10 heteroatoms. The van der Waals surface area contributed by atoms with Gasteiger partial charge in [-0.15, -0.1) is 0 Å². The summed E-state index contributed by atoms with van der Waals surface area (Å²) in [5, 5.41) is 0.462. The van der Waals surface area contributed by atoms with Crippen molar-refractivity contribution in [2.45, 2.75) is 26.4 Å². The van der Waals surface area contributed by atoms with E-state index in [1.54, 1.807) is 32.0 Å². The molecule has 0 bridgehead atoms. The van der Waals surface area contributed by atoms with E-state index < -0.39 is 18.1 Å². The lowest BCUT2D eigenvalue weighted by Gasteiger charge is -2.35. The molecule has 1 heterocycles. The molecule has 3 rings (SSSR count). The molecule has 0 aromatic heterocycles. The molecule has 1 unspecified atom stereocenters. The van der Waals surface area contributed by atoms with Crippen molar-refractivity contribution < 1.29 is 23.8 Å². The number of rotatable bonds is 8. The van der Waals surface area contributed by atoms with Gasteiger partial charge in [0.25, 0.3) is 0 Å². The molecule has 8 nitrogen and oxygen atoms in total. The van der Waals surface area contributed by atoms with Gasteiger partial charge in [-0.3, -0.25) is 4.90 Å². The summed E-state index contributed by atoms with van der Waals surface area (Å²) < 4.78 is 16.3. The van der Waals surface area contributed by atoms with E-state index in [1.807, 2.05) is 42.3 Å². The second kappa shape index (κ2) is 12.8. The highest BCUT2D eigenvalue weighted by Gasteiger charge is 2.43. The van der Waals surface area contributed by atoms with Crippen molar-refractivity contribution in [1.82, 2.24) is 9.80 Å². The molecular formula is C26H29Cl2N3O5. The van der Waals surface area contributed by atoms with E-state index in [9.17, 15) is 9.59 Å². The Bertz CT molecular complexity index is 1150. The van der Waals surface area contributed by atoms with Gasteiger partial charge in [0.05, 0.1) is 35.0 Å². The number of nitrogens with zero attached hydrogens (tertiary/aromatic N) is 3. The molecule has 2 aromatic carbocycles. The fourth-order valence-electron chi connectivity index (χ4n) is 3.85. The maximum absolute atomic E-state index is 13.4. The van der Waals surface area contributed by atoms with E-state index in [-0.39, 0.29) is 34.9 Å². The summed E-state index contributed by atoms with van der Waals surface area (Å²) in [5.41, 5.74) is 2.03. The number of ether oxygens (including phenoxy) is 3. The molecule has 1 amide bonds. The standard InChI is InChI=1S/C26H29Cl2N3O5/c1-5-35-24(32)21-17(2)29-25(34-4)31(23(21)19-12-9-13-20(27)22(19)28)26(33)36-15-14-30(3)16-18-10-7-6-8-11-18/h6-13,23H,5,14-16H2,1-4H3. The number of amides is 1. The molecule has 36 heavy (non-hydrogen) atoms. The third-order valence-electron chi connectivity index (χ3n) is 5.54. The molecule has 0 aliphatic carbocycles. The maximum atomic E-state index is 13.4. The van der Waals surface area contributed by atoms with Crippen LogP contribution in [0.4, 0.5) is 4.79 Å². The Morgan fingerprint density at radius 3 is 2.47 bits per heavy atom. The second-order valence-electron chi connectivity index (χ2n) is 8.07. The third-order valence-corrected chi connectivity index (χ3v) is 6.37. The molecule has 1 aliphatic heterocycles. The van der Waals surface area contributed by atoms with Gasteiger partial charge in [-0.25, -0.2) is 19.5 Å². The van der Waals surface area contributed by atoms with Crippen molar-refractivity contribution in [2.75, 3.05) is 33.9 Å². The van der Waals surface area contributed by atoms with Gasteiger partial charge in [0.15, 0.2) is 0 Å². The minimum atomic E-state index is -1.02. The number of benzene rings is 2. The lowest BCUT2D eigenvalue weighted by Crippen LogP contribution is -2.46. The number of amidine groups is 1. The Hall–Kier alpha value is -3.07. The average molecular weight is 534 g/mol. The lowest BCUT2D eigenvalue weighted by atomic mass is 9.94. The summed E-state index contributed by atoms with van der Waals surface area (Å²) in [4.78, 5) is 33.9. The van der Waals surface area contributed by atoms with Gasteiger partial charge in [-0.05, 0) is 32.5 Å². The molecule has 0 saturated carbocycles. The van der Waals surface area contributed by atoms with Crippen LogP contribution >= 0.6 is 23.2 Å². The number of carbonyl (C=O) groups excluding carboxylic acids is 2. The van der Waals surface area contributed by atoms with Crippen molar-refractivity contribution in [3.05, 3.63) is 81.0 Å². The van der Waals surface area contributed by atoms with Crippen molar-refractivity contribution in [3.63, 3.8) is 0 Å². The molecule has 1 atom stereocenters. The third kappa shape index (κ3) is 6.37. The van der Waals surface area contributed by atoms with Crippen LogP contribution in [-0.2, 0) is 25.5 Å². The normalized spacial score (nSPS) is 15.6. The second-order valence-corrected chi connectivity index (χ2v) is 8.86. The van der Waals surface area contributed by atoms with Crippen LogP contribution in [0.1, 0.15) is 31.0 Å². The Morgan fingerprint density at radius 2 is 1.81 bits per heavy atom. The lowest BCUT2D eigenvalue weighted by molar-refractivity contribution is -0.139. The van der Waals surface area contributed by atoms with Crippen LogP contribution in [0.3, 0.4) is 0 Å². The first kappa shape index (κ1) is 27.5. The van der Waals surface area contributed by atoms with E-state index in [0.717, 1.165) is 10.5 Å². The van der Waals surface area contributed by atoms with E-state index in [4.69, 9.17) is 37.4 Å². The molecule has 2 aromatic rings. The number of hydrogen-bond donors (Lipinski definition) is 0. The predicted molar refractivity (Wildman–Crippen MR) is 139 cm³/mol. The van der Waals surface area contributed by atoms with Crippen LogP contribution < -0.4 is 0 Å². The number of methoxy groups -OCH3 is 1. The molecular weight excluding hydrogens is 505 g/mol. The van der Waals surface area contributed by atoms with Crippen LogP contribution in [0.25, 0.3) is 0 Å². The first-order valence-electron chi connectivity index (χ1n) is 11.4. The van der Waals surface area contributed by atoms with Crippen LogP contribution in [0, 0.1) is 0 Å². The molecule has 0 fully saturated rings. The molecule has 0 spiro atoms. The maximum Gasteiger partial charge on any atom is 0.418 e. The van der Waals surface area contributed by atoms with Gasteiger partial charge in [0, 0.05) is 18.7 Å². The highest BCUT2D eigenvalue weighted by molar-refractivity contribution is 6.42. The summed E-state index contributed by atoms with van der Waals surface area (Å²) in [6.07, 6.45) is -0.751. The summed E-state index contributed by atoms with van der Waals surface area (Å²) in [6, 6.07) is 13.9. The Kier molecular flexibility index (Phi) is 9.75. The molecule has 0 N–H and O–H groups in total. The highest BCUT2D eigenvalue weighted by atomic mass is 35.5. The van der Waals surface area contributed by atoms with E-state index >= 15 is 0 Å². The first-order valence-corrected chi connectivity index (χ1v) is 12.2. The quantitative estimate of drug-likeness (QED) is 0.419. The molecule has 0 saturated heterocycles. The van der Waals surface area contributed by atoms with Gasteiger partial charge in [-0.2, -0.15) is 0 Å². The fourth-order valence-corrected chi connectivity index (χ4v) is 4.26. The fraction of sp³-hybridized carbons (Fsp3) is 0.346. The summed E-state index contributed by atoms with van der Waals surface area (Å²) in [6.45, 7) is 4.75. The van der Waals surface area contributed by atoms with Crippen LogP contribution in [0.2, 0.25) is 10.0 Å². The predicted octanol–water partition coefficient (Wildman–Crippen LogP) is 5.46. The van der Waals surface area contributed by atoms with Gasteiger partial charge in [-0.1, -0.05) is 65.7 Å². The minimum absolute atomic E-state index is 0.0377. The number of esters is 1. The zero-order valence-electron chi connectivity index (χ0n) is 20.7. The first-order chi connectivity index (χ1) is 17.3. The molecule has 0 radical (unpaired) electrons. The molecule has 192 valence electrons. The number of hydrogen-bond acceptors (Lipinski definition) is 7. The van der Waals surface area contributed by atoms with Gasteiger partial charge in [0.2, 0.25) is 0 Å². The zero-order valence-corrected chi connectivity index (χ0v) is 22.2. The van der Waals surface area contributed by atoms with Gasteiger partial charge >= 0.3 is 18.1 Å². The van der Waals surface area contributed by atoms with Gasteiger partial charge in [0.1, 0.15) is 12.6 Å². The monoisotopic (exact) mass is 533 g/mol. The van der Waals surface area contributed by atoms with E-state index in [0.29, 0.717) is 24.4 Å². The van der Waals surface area contributed by atoms with Crippen molar-refractivity contribution >= 4 is 41.3 Å². The Balaban J connectivity index is 1.88. The topological polar surface area (TPSA) is 80.7 Å². The smallest absolute Gasteiger partial charge is 0.418 e. The zero-order chi connectivity index (χ0) is 26.2. The van der Waals surface area contributed by atoms with Crippen LogP contribution in [-0.4, -0.2) is 61.8 Å². The number of halogens is 2. The van der Waals surface area contributed by atoms with E-state index in [1.165, 1.54) is 7.11 Å².